The number of rotatable bonds is 3. The summed E-state index contributed by atoms with van der Waals surface area (Å²) >= 11 is 4.69. The van der Waals surface area contributed by atoms with E-state index in [-0.39, 0.29) is 18.0 Å². The van der Waals surface area contributed by atoms with Crippen LogP contribution < -0.4 is 0 Å². The Morgan fingerprint density at radius 3 is 2.61 bits per heavy atom. The van der Waals surface area contributed by atoms with Gasteiger partial charge >= 0.3 is 0 Å². The van der Waals surface area contributed by atoms with Gasteiger partial charge in [0.05, 0.1) is 0 Å². The van der Waals surface area contributed by atoms with Crippen LogP contribution >= 0.6 is 27.3 Å². The van der Waals surface area contributed by atoms with Gasteiger partial charge in [0.2, 0.25) is 0 Å². The summed E-state index contributed by atoms with van der Waals surface area (Å²) in [5, 5.41) is 1.74. The molecule has 0 atom stereocenters. The van der Waals surface area contributed by atoms with Crippen molar-refractivity contribution in [2.75, 3.05) is 0 Å². The van der Waals surface area contributed by atoms with Crippen LogP contribution in [-0.4, -0.2) is 5.78 Å². The zero-order valence-electron chi connectivity index (χ0n) is 10.1. The van der Waals surface area contributed by atoms with Crippen LogP contribution in [0.5, 0.6) is 0 Å². The standard InChI is InChI=1S/C14H12BrFOS/c1-8-5-10(3-4-11(8)15)12(17)6-13-14(16)9(2)7-18-13/h3-5,7H,6H2,1-2H3. The average molecular weight is 327 g/mol. The molecular weight excluding hydrogens is 315 g/mol. The second-order valence-corrected chi connectivity index (χ2v) is 6.04. The van der Waals surface area contributed by atoms with E-state index in [4.69, 9.17) is 0 Å². The lowest BCUT2D eigenvalue weighted by molar-refractivity contribution is 0.0992. The van der Waals surface area contributed by atoms with E-state index in [1.165, 1.54) is 11.3 Å². The molecule has 0 saturated heterocycles. The molecule has 1 nitrogen and oxygen atoms in total. The molecule has 0 radical (unpaired) electrons. The zero-order valence-corrected chi connectivity index (χ0v) is 12.5. The van der Waals surface area contributed by atoms with Crippen LogP contribution in [0.15, 0.2) is 28.1 Å². The third kappa shape index (κ3) is 2.70. The zero-order chi connectivity index (χ0) is 13.3. The molecule has 4 heteroatoms. The van der Waals surface area contributed by atoms with Gasteiger partial charge in [0.1, 0.15) is 5.82 Å². The molecule has 0 aliphatic heterocycles. The van der Waals surface area contributed by atoms with Crippen molar-refractivity contribution < 1.29 is 9.18 Å². The molecule has 0 unspecified atom stereocenters. The van der Waals surface area contributed by atoms with Gasteiger partial charge in [-0.2, -0.15) is 0 Å². The highest BCUT2D eigenvalue weighted by Crippen LogP contribution is 2.23. The summed E-state index contributed by atoms with van der Waals surface area (Å²) in [5.41, 5.74) is 2.24. The quantitative estimate of drug-likeness (QED) is 0.747. The SMILES string of the molecule is Cc1cc(C(=O)Cc2scc(C)c2F)ccc1Br. The molecule has 2 rings (SSSR count). The Labute approximate surface area is 118 Å². The summed E-state index contributed by atoms with van der Waals surface area (Å²) in [6.07, 6.45) is 0.130. The predicted octanol–water partition coefficient (Wildman–Crippen LogP) is 4.69. The molecule has 0 amide bonds. The van der Waals surface area contributed by atoms with Crippen LogP contribution in [0.1, 0.15) is 26.4 Å². The topological polar surface area (TPSA) is 17.1 Å². The van der Waals surface area contributed by atoms with Gasteiger partial charge in [-0.05, 0) is 42.5 Å². The van der Waals surface area contributed by atoms with Gasteiger partial charge in [-0.3, -0.25) is 4.79 Å². The van der Waals surface area contributed by atoms with Crippen molar-refractivity contribution in [3.05, 3.63) is 55.4 Å². The molecule has 1 aromatic heterocycles. The number of Topliss-reactive ketones (excluding diaryl/α,β-unsaturated/α-hetero) is 1. The highest BCUT2D eigenvalue weighted by Gasteiger charge is 2.14. The Morgan fingerprint density at radius 2 is 2.06 bits per heavy atom. The molecule has 0 bridgehead atoms. The van der Waals surface area contributed by atoms with E-state index in [0.29, 0.717) is 16.0 Å². The van der Waals surface area contributed by atoms with Crippen molar-refractivity contribution in [2.45, 2.75) is 20.3 Å². The summed E-state index contributed by atoms with van der Waals surface area (Å²) in [6.45, 7) is 3.64. The fraction of sp³-hybridized carbons (Fsp3) is 0.214. The first-order valence-corrected chi connectivity index (χ1v) is 7.18. The second kappa shape index (κ2) is 5.33. The number of carbonyl (C=O) groups excluding carboxylic acids is 1. The van der Waals surface area contributed by atoms with Crippen LogP contribution in [0.4, 0.5) is 4.39 Å². The molecule has 0 spiro atoms. The highest BCUT2D eigenvalue weighted by atomic mass is 79.9. The number of ketones is 1. The fourth-order valence-corrected chi connectivity index (χ4v) is 2.82. The van der Waals surface area contributed by atoms with Gasteiger partial charge in [0.15, 0.2) is 5.78 Å². The molecule has 94 valence electrons. The lowest BCUT2D eigenvalue weighted by Crippen LogP contribution is -2.04. The van der Waals surface area contributed by atoms with Crippen LogP contribution in [0.25, 0.3) is 0 Å². The van der Waals surface area contributed by atoms with E-state index in [1.54, 1.807) is 18.4 Å². The largest absolute Gasteiger partial charge is 0.294 e. The maximum atomic E-state index is 13.6. The molecule has 0 aliphatic carbocycles. The van der Waals surface area contributed by atoms with Gasteiger partial charge in [-0.15, -0.1) is 11.3 Å². The number of hydrogen-bond donors (Lipinski definition) is 0. The summed E-state index contributed by atoms with van der Waals surface area (Å²) in [6, 6.07) is 5.43. The van der Waals surface area contributed by atoms with Crippen LogP contribution in [0.3, 0.4) is 0 Å². The first-order chi connectivity index (χ1) is 8.49. The van der Waals surface area contributed by atoms with Crippen molar-refractivity contribution in [1.29, 1.82) is 0 Å². The maximum absolute atomic E-state index is 13.6. The molecule has 1 aromatic carbocycles. The normalized spacial score (nSPS) is 10.7. The van der Waals surface area contributed by atoms with Crippen LogP contribution in [0, 0.1) is 19.7 Å². The number of hydrogen-bond acceptors (Lipinski definition) is 2. The third-order valence-corrected chi connectivity index (χ3v) is 4.74. The van der Waals surface area contributed by atoms with E-state index < -0.39 is 0 Å². The predicted molar refractivity (Wildman–Crippen MR) is 75.9 cm³/mol. The number of halogens is 2. The minimum atomic E-state index is -0.248. The van der Waals surface area contributed by atoms with Gasteiger partial charge < -0.3 is 0 Å². The minimum absolute atomic E-state index is 0.0497. The highest BCUT2D eigenvalue weighted by molar-refractivity contribution is 9.10. The number of benzene rings is 1. The Morgan fingerprint density at radius 1 is 1.33 bits per heavy atom. The molecule has 0 aliphatic rings. The molecule has 0 fully saturated rings. The number of thiophene rings is 1. The summed E-state index contributed by atoms with van der Waals surface area (Å²) < 4.78 is 14.6. The van der Waals surface area contributed by atoms with Crippen LogP contribution in [0.2, 0.25) is 0 Å². The Bertz CT molecular complexity index is 604. The van der Waals surface area contributed by atoms with E-state index in [9.17, 15) is 9.18 Å². The van der Waals surface area contributed by atoms with Crippen molar-refractivity contribution in [2.24, 2.45) is 0 Å². The van der Waals surface area contributed by atoms with Crippen molar-refractivity contribution >= 4 is 33.0 Å². The molecule has 0 N–H and O–H groups in total. The molecule has 0 saturated carbocycles. The minimum Gasteiger partial charge on any atom is -0.294 e. The van der Waals surface area contributed by atoms with Crippen molar-refractivity contribution in [3.8, 4) is 0 Å². The Balaban J connectivity index is 2.22. The van der Waals surface area contributed by atoms with Gasteiger partial charge in [-0.25, -0.2) is 4.39 Å². The second-order valence-electron chi connectivity index (χ2n) is 4.22. The van der Waals surface area contributed by atoms with Gasteiger partial charge in [0, 0.05) is 21.3 Å². The van der Waals surface area contributed by atoms with Gasteiger partial charge in [0.25, 0.3) is 0 Å². The van der Waals surface area contributed by atoms with E-state index >= 15 is 0 Å². The molecule has 18 heavy (non-hydrogen) atoms. The lowest BCUT2D eigenvalue weighted by Gasteiger charge is -2.03. The number of aryl methyl sites for hydroxylation is 2. The summed E-state index contributed by atoms with van der Waals surface area (Å²) in [4.78, 5) is 12.6. The maximum Gasteiger partial charge on any atom is 0.168 e. The Kier molecular flexibility index (Phi) is 3.97. The molecule has 2 aromatic rings. The molecular formula is C14H12BrFOS. The van der Waals surface area contributed by atoms with Crippen molar-refractivity contribution in [1.82, 2.24) is 0 Å². The van der Waals surface area contributed by atoms with Crippen molar-refractivity contribution in [3.63, 3.8) is 0 Å². The van der Waals surface area contributed by atoms with E-state index in [2.05, 4.69) is 15.9 Å². The van der Waals surface area contributed by atoms with E-state index in [0.717, 1.165) is 10.0 Å². The average Bonchev–Trinajstić information content (AvgIpc) is 2.64. The smallest absolute Gasteiger partial charge is 0.168 e. The van der Waals surface area contributed by atoms with E-state index in [1.807, 2.05) is 19.1 Å². The summed E-state index contributed by atoms with van der Waals surface area (Å²) in [5.74, 6) is -0.298. The fourth-order valence-electron chi connectivity index (χ4n) is 1.67. The molecule has 1 heterocycles. The first kappa shape index (κ1) is 13.4. The summed E-state index contributed by atoms with van der Waals surface area (Å²) in [7, 11) is 0. The lowest BCUT2D eigenvalue weighted by atomic mass is 10.0. The van der Waals surface area contributed by atoms with Crippen LogP contribution in [-0.2, 0) is 6.42 Å². The Hall–Kier alpha value is -1.00. The van der Waals surface area contributed by atoms with Gasteiger partial charge in [-0.1, -0.05) is 22.0 Å². The number of carbonyl (C=O) groups is 1. The first-order valence-electron chi connectivity index (χ1n) is 5.51. The third-order valence-electron chi connectivity index (χ3n) is 2.77. The monoisotopic (exact) mass is 326 g/mol.